The van der Waals surface area contributed by atoms with Crippen LogP contribution in [0.5, 0.6) is 0 Å². The lowest BCUT2D eigenvalue weighted by Crippen LogP contribution is -2.11. The molecule has 1 unspecified atom stereocenters. The number of halogens is 3. The van der Waals surface area contributed by atoms with Gasteiger partial charge in [-0.05, 0) is 42.0 Å². The lowest BCUT2D eigenvalue weighted by molar-refractivity contribution is 0.524. The van der Waals surface area contributed by atoms with Gasteiger partial charge >= 0.3 is 0 Å². The smallest absolute Gasteiger partial charge is 0.134 e. The van der Waals surface area contributed by atoms with Crippen LogP contribution in [0.1, 0.15) is 17.4 Å². The van der Waals surface area contributed by atoms with E-state index in [1.807, 2.05) is 0 Å². The maximum Gasteiger partial charge on any atom is 0.134 e. The van der Waals surface area contributed by atoms with Crippen LogP contribution in [-0.2, 0) is 0 Å². The molecule has 20 heavy (non-hydrogen) atoms. The molecule has 0 spiro atoms. The van der Waals surface area contributed by atoms with E-state index in [0.717, 1.165) is 0 Å². The van der Waals surface area contributed by atoms with E-state index in [-0.39, 0.29) is 10.8 Å². The van der Waals surface area contributed by atoms with Gasteiger partial charge in [-0.1, -0.05) is 17.7 Å². The van der Waals surface area contributed by atoms with Gasteiger partial charge < -0.3 is 10.2 Å². The van der Waals surface area contributed by atoms with Crippen LogP contribution in [0.2, 0.25) is 5.02 Å². The molecule has 0 aliphatic rings. The van der Waals surface area contributed by atoms with E-state index in [2.05, 4.69) is 0 Å². The summed E-state index contributed by atoms with van der Waals surface area (Å²) in [6.45, 7) is 0. The molecule has 2 aromatic carbocycles. The quantitative estimate of drug-likeness (QED) is 0.760. The summed E-state index contributed by atoms with van der Waals surface area (Å²) in [7, 11) is 0. The number of benzene rings is 2. The average molecular weight is 294 g/mol. The van der Waals surface area contributed by atoms with Crippen molar-refractivity contribution in [3.05, 3.63) is 70.4 Å². The summed E-state index contributed by atoms with van der Waals surface area (Å²) >= 11 is 5.98. The predicted octanol–water partition coefficient (Wildman–Crippen LogP) is 4.41. The molecule has 1 heterocycles. The first-order valence-electron chi connectivity index (χ1n) is 5.94. The van der Waals surface area contributed by atoms with Gasteiger partial charge in [-0.3, -0.25) is 0 Å². The van der Waals surface area contributed by atoms with Crippen molar-refractivity contribution < 1.29 is 13.2 Å². The Labute approximate surface area is 118 Å². The molecule has 0 bridgehead atoms. The molecule has 2 nitrogen and oxygen atoms in total. The minimum absolute atomic E-state index is 0.226. The standard InChI is InChI=1S/C15H10ClF2NO/c16-12-7-10(18)1-3-11(12)15(19)14-6-8-5-9(17)2-4-13(8)20-14/h1-7,15H,19H2. The van der Waals surface area contributed by atoms with E-state index in [0.29, 0.717) is 22.3 Å². The van der Waals surface area contributed by atoms with Gasteiger partial charge in [0, 0.05) is 10.4 Å². The molecule has 0 radical (unpaired) electrons. The Bertz CT molecular complexity index is 785. The Morgan fingerprint density at radius 3 is 2.45 bits per heavy atom. The molecule has 0 aliphatic carbocycles. The predicted molar refractivity (Wildman–Crippen MR) is 73.6 cm³/mol. The van der Waals surface area contributed by atoms with E-state index in [1.165, 1.54) is 36.4 Å². The molecule has 3 rings (SSSR count). The number of rotatable bonds is 2. The molecule has 3 aromatic rings. The largest absolute Gasteiger partial charge is 0.459 e. The van der Waals surface area contributed by atoms with Gasteiger partial charge in [0.15, 0.2) is 0 Å². The van der Waals surface area contributed by atoms with Crippen molar-refractivity contribution in [2.75, 3.05) is 0 Å². The summed E-state index contributed by atoms with van der Waals surface area (Å²) in [4.78, 5) is 0. The molecule has 1 aromatic heterocycles. The van der Waals surface area contributed by atoms with Crippen LogP contribution < -0.4 is 5.73 Å². The van der Waals surface area contributed by atoms with Gasteiger partial charge in [0.2, 0.25) is 0 Å². The van der Waals surface area contributed by atoms with Gasteiger partial charge in [0.05, 0.1) is 6.04 Å². The van der Waals surface area contributed by atoms with Gasteiger partial charge in [0.1, 0.15) is 23.0 Å². The van der Waals surface area contributed by atoms with E-state index in [1.54, 1.807) is 6.07 Å². The molecule has 0 amide bonds. The summed E-state index contributed by atoms with van der Waals surface area (Å²) in [5, 5.41) is 0.845. The second kappa shape index (κ2) is 4.89. The third-order valence-corrected chi connectivity index (χ3v) is 3.43. The molecule has 0 aliphatic heterocycles. The first-order valence-corrected chi connectivity index (χ1v) is 6.32. The highest BCUT2D eigenvalue weighted by Crippen LogP contribution is 2.31. The molecule has 0 fully saturated rings. The fraction of sp³-hybridized carbons (Fsp3) is 0.0667. The maximum atomic E-state index is 13.1. The molecule has 1 atom stereocenters. The number of hydrogen-bond acceptors (Lipinski definition) is 2. The average Bonchev–Trinajstić information content (AvgIpc) is 2.81. The van der Waals surface area contributed by atoms with Crippen LogP contribution in [0, 0.1) is 11.6 Å². The minimum atomic E-state index is -0.640. The van der Waals surface area contributed by atoms with Crippen molar-refractivity contribution >= 4 is 22.6 Å². The lowest BCUT2D eigenvalue weighted by Gasteiger charge is -2.10. The zero-order valence-electron chi connectivity index (χ0n) is 10.2. The Morgan fingerprint density at radius 2 is 1.70 bits per heavy atom. The third-order valence-electron chi connectivity index (χ3n) is 3.10. The molecule has 5 heteroatoms. The monoisotopic (exact) mass is 293 g/mol. The number of nitrogens with two attached hydrogens (primary N) is 1. The van der Waals surface area contributed by atoms with Crippen molar-refractivity contribution in [1.82, 2.24) is 0 Å². The molecular weight excluding hydrogens is 284 g/mol. The minimum Gasteiger partial charge on any atom is -0.459 e. The fourth-order valence-electron chi connectivity index (χ4n) is 2.10. The second-order valence-corrected chi connectivity index (χ2v) is 4.88. The molecule has 0 saturated heterocycles. The van der Waals surface area contributed by atoms with Crippen molar-refractivity contribution in [2.45, 2.75) is 6.04 Å². The van der Waals surface area contributed by atoms with Crippen LogP contribution in [0.15, 0.2) is 46.9 Å². The highest BCUT2D eigenvalue weighted by atomic mass is 35.5. The third kappa shape index (κ3) is 2.28. The Morgan fingerprint density at radius 1 is 1.00 bits per heavy atom. The Kier molecular flexibility index (Phi) is 3.20. The summed E-state index contributed by atoms with van der Waals surface area (Å²) in [6, 6.07) is 9.21. The van der Waals surface area contributed by atoms with Gasteiger partial charge in [0.25, 0.3) is 0 Å². The van der Waals surface area contributed by atoms with Crippen molar-refractivity contribution in [3.8, 4) is 0 Å². The first kappa shape index (κ1) is 13.1. The first-order chi connectivity index (χ1) is 9.54. The van der Waals surface area contributed by atoms with Crippen molar-refractivity contribution in [2.24, 2.45) is 5.73 Å². The topological polar surface area (TPSA) is 39.2 Å². The van der Waals surface area contributed by atoms with E-state index in [9.17, 15) is 8.78 Å². The fourth-order valence-corrected chi connectivity index (χ4v) is 2.38. The van der Waals surface area contributed by atoms with Crippen molar-refractivity contribution in [3.63, 3.8) is 0 Å². The van der Waals surface area contributed by atoms with Crippen LogP contribution in [-0.4, -0.2) is 0 Å². The zero-order valence-corrected chi connectivity index (χ0v) is 11.0. The molecule has 2 N–H and O–H groups in total. The normalized spacial score (nSPS) is 12.8. The van der Waals surface area contributed by atoms with Crippen molar-refractivity contribution in [1.29, 1.82) is 0 Å². The Hall–Kier alpha value is -1.91. The van der Waals surface area contributed by atoms with Crippen LogP contribution in [0.3, 0.4) is 0 Å². The van der Waals surface area contributed by atoms with Crippen LogP contribution >= 0.6 is 11.6 Å². The number of hydrogen-bond donors (Lipinski definition) is 1. The summed E-state index contributed by atoms with van der Waals surface area (Å²) < 4.78 is 31.8. The molecular formula is C15H10ClF2NO. The second-order valence-electron chi connectivity index (χ2n) is 4.47. The van der Waals surface area contributed by atoms with Gasteiger partial charge in [-0.15, -0.1) is 0 Å². The maximum absolute atomic E-state index is 13.1. The summed E-state index contributed by atoms with van der Waals surface area (Å²) in [6.07, 6.45) is 0. The van der Waals surface area contributed by atoms with E-state index < -0.39 is 11.9 Å². The van der Waals surface area contributed by atoms with E-state index >= 15 is 0 Å². The SMILES string of the molecule is NC(c1cc2cc(F)ccc2o1)c1ccc(F)cc1Cl. The number of fused-ring (bicyclic) bond motifs is 1. The van der Waals surface area contributed by atoms with Crippen LogP contribution in [0.25, 0.3) is 11.0 Å². The summed E-state index contributed by atoms with van der Waals surface area (Å²) in [5.41, 5.74) is 7.16. The van der Waals surface area contributed by atoms with Gasteiger partial charge in [-0.25, -0.2) is 8.78 Å². The highest BCUT2D eigenvalue weighted by Gasteiger charge is 2.17. The molecule has 0 saturated carbocycles. The molecule has 102 valence electrons. The lowest BCUT2D eigenvalue weighted by atomic mass is 10.1. The Balaban J connectivity index is 2.05. The zero-order chi connectivity index (χ0) is 14.3. The van der Waals surface area contributed by atoms with E-state index in [4.69, 9.17) is 21.8 Å². The summed E-state index contributed by atoms with van der Waals surface area (Å²) in [5.74, 6) is -0.338. The van der Waals surface area contributed by atoms with Crippen LogP contribution in [0.4, 0.5) is 8.78 Å². The highest BCUT2D eigenvalue weighted by molar-refractivity contribution is 6.31. The van der Waals surface area contributed by atoms with Gasteiger partial charge in [-0.2, -0.15) is 0 Å². The number of furan rings is 1.